The molecule has 0 atom stereocenters. The third-order valence-corrected chi connectivity index (χ3v) is 3.71. The van der Waals surface area contributed by atoms with Crippen LogP contribution in [0, 0.1) is 11.3 Å². The van der Waals surface area contributed by atoms with Gasteiger partial charge in [0.25, 0.3) is 5.91 Å². The topological polar surface area (TPSA) is 71.4 Å². The number of nitrogens with one attached hydrogen (secondary N) is 1. The van der Waals surface area contributed by atoms with Crippen molar-refractivity contribution in [3.05, 3.63) is 58.6 Å². The number of rotatable bonds is 3. The zero-order chi connectivity index (χ0) is 16.9. The molecular weight excluding hydrogens is 328 g/mol. The van der Waals surface area contributed by atoms with Crippen molar-refractivity contribution < 1.29 is 14.3 Å². The van der Waals surface area contributed by atoms with Crippen molar-refractivity contribution in [3.63, 3.8) is 0 Å². The van der Waals surface area contributed by atoms with E-state index in [2.05, 4.69) is 5.32 Å². The van der Waals surface area contributed by atoms with E-state index in [1.54, 1.807) is 42.5 Å². The largest absolute Gasteiger partial charge is 0.486 e. The lowest BCUT2D eigenvalue weighted by Crippen LogP contribution is -2.17. The molecule has 2 aromatic carbocycles. The van der Waals surface area contributed by atoms with E-state index in [-0.39, 0.29) is 5.57 Å². The summed E-state index contributed by atoms with van der Waals surface area (Å²) in [5.74, 6) is 0.674. The Morgan fingerprint density at radius 3 is 2.67 bits per heavy atom. The summed E-state index contributed by atoms with van der Waals surface area (Å²) in [6, 6.07) is 14.0. The first-order valence-electron chi connectivity index (χ1n) is 7.25. The average Bonchev–Trinajstić information content (AvgIpc) is 2.61. The predicted octanol–water partition coefficient (Wildman–Crippen LogP) is 3.66. The molecule has 1 aliphatic heterocycles. The molecule has 1 heterocycles. The second kappa shape index (κ2) is 7.07. The first-order chi connectivity index (χ1) is 11.7. The smallest absolute Gasteiger partial charge is 0.266 e. The minimum absolute atomic E-state index is 0.0435. The Kier molecular flexibility index (Phi) is 4.69. The third-order valence-electron chi connectivity index (χ3n) is 3.37. The van der Waals surface area contributed by atoms with Crippen LogP contribution in [0.5, 0.6) is 11.5 Å². The van der Waals surface area contributed by atoms with Crippen LogP contribution in [0.2, 0.25) is 5.02 Å². The number of nitriles is 1. The van der Waals surface area contributed by atoms with Gasteiger partial charge in [0.2, 0.25) is 0 Å². The van der Waals surface area contributed by atoms with Crippen LogP contribution in [0.3, 0.4) is 0 Å². The number of benzene rings is 2. The number of halogens is 1. The molecule has 1 N–H and O–H groups in total. The van der Waals surface area contributed by atoms with Crippen molar-refractivity contribution in [1.82, 2.24) is 0 Å². The minimum atomic E-state index is -0.519. The lowest BCUT2D eigenvalue weighted by atomic mass is 10.1. The SMILES string of the molecule is N#C/C(=C\c1ccccc1Cl)C(=O)Nc1ccc2c(c1)OCCO2. The van der Waals surface area contributed by atoms with E-state index in [1.165, 1.54) is 6.08 Å². The second-order valence-corrected chi connectivity index (χ2v) is 5.41. The maximum absolute atomic E-state index is 12.3. The first kappa shape index (κ1) is 15.9. The molecule has 0 unspecified atom stereocenters. The highest BCUT2D eigenvalue weighted by atomic mass is 35.5. The number of nitrogens with zero attached hydrogens (tertiary/aromatic N) is 1. The van der Waals surface area contributed by atoms with Crippen LogP contribution in [-0.4, -0.2) is 19.1 Å². The Labute approximate surface area is 144 Å². The van der Waals surface area contributed by atoms with Crippen LogP contribution < -0.4 is 14.8 Å². The number of anilines is 1. The molecule has 5 nitrogen and oxygen atoms in total. The molecule has 6 heteroatoms. The van der Waals surface area contributed by atoms with Crippen molar-refractivity contribution in [3.8, 4) is 17.6 Å². The molecule has 0 aliphatic carbocycles. The van der Waals surface area contributed by atoms with Crippen LogP contribution in [0.15, 0.2) is 48.0 Å². The quantitative estimate of drug-likeness (QED) is 0.683. The van der Waals surface area contributed by atoms with Crippen molar-refractivity contribution in [2.75, 3.05) is 18.5 Å². The van der Waals surface area contributed by atoms with E-state index in [4.69, 9.17) is 21.1 Å². The number of carbonyl (C=O) groups excluding carboxylic acids is 1. The summed E-state index contributed by atoms with van der Waals surface area (Å²) in [5, 5.41) is 12.4. The molecule has 1 aliphatic rings. The Morgan fingerprint density at radius 1 is 1.17 bits per heavy atom. The predicted molar refractivity (Wildman–Crippen MR) is 91.1 cm³/mol. The molecule has 24 heavy (non-hydrogen) atoms. The molecule has 1 amide bonds. The van der Waals surface area contributed by atoms with Crippen molar-refractivity contribution in [2.24, 2.45) is 0 Å². The van der Waals surface area contributed by atoms with E-state index in [1.807, 2.05) is 6.07 Å². The van der Waals surface area contributed by atoms with E-state index in [0.29, 0.717) is 41.0 Å². The fourth-order valence-electron chi connectivity index (χ4n) is 2.22. The summed E-state index contributed by atoms with van der Waals surface area (Å²) in [6.45, 7) is 0.956. The van der Waals surface area contributed by atoms with Crippen LogP contribution in [-0.2, 0) is 4.79 Å². The van der Waals surface area contributed by atoms with Crippen LogP contribution in [0.1, 0.15) is 5.56 Å². The van der Waals surface area contributed by atoms with Crippen molar-refractivity contribution in [1.29, 1.82) is 5.26 Å². The Hall–Kier alpha value is -2.97. The highest BCUT2D eigenvalue weighted by Gasteiger charge is 2.15. The Morgan fingerprint density at radius 2 is 1.92 bits per heavy atom. The van der Waals surface area contributed by atoms with Crippen LogP contribution in [0.4, 0.5) is 5.69 Å². The van der Waals surface area contributed by atoms with E-state index in [0.717, 1.165) is 0 Å². The normalized spacial score (nSPS) is 13.1. The molecule has 3 rings (SSSR count). The lowest BCUT2D eigenvalue weighted by molar-refractivity contribution is -0.112. The maximum atomic E-state index is 12.3. The van der Waals surface area contributed by atoms with Gasteiger partial charge in [-0.1, -0.05) is 29.8 Å². The molecule has 0 bridgehead atoms. The van der Waals surface area contributed by atoms with Gasteiger partial charge in [-0.2, -0.15) is 5.26 Å². The molecule has 0 saturated carbocycles. The van der Waals surface area contributed by atoms with Crippen molar-refractivity contribution in [2.45, 2.75) is 0 Å². The van der Waals surface area contributed by atoms with Gasteiger partial charge in [-0.25, -0.2) is 0 Å². The van der Waals surface area contributed by atoms with E-state index < -0.39 is 5.91 Å². The highest BCUT2D eigenvalue weighted by molar-refractivity contribution is 6.32. The van der Waals surface area contributed by atoms with Gasteiger partial charge < -0.3 is 14.8 Å². The van der Waals surface area contributed by atoms with E-state index >= 15 is 0 Å². The second-order valence-electron chi connectivity index (χ2n) is 5.00. The van der Waals surface area contributed by atoms with Gasteiger partial charge in [-0.05, 0) is 29.8 Å². The number of amides is 1. The summed E-state index contributed by atoms with van der Waals surface area (Å²) in [6.07, 6.45) is 1.45. The van der Waals surface area contributed by atoms with Gasteiger partial charge >= 0.3 is 0 Å². The third kappa shape index (κ3) is 3.50. The molecule has 2 aromatic rings. The fourth-order valence-corrected chi connectivity index (χ4v) is 2.41. The summed E-state index contributed by atoms with van der Waals surface area (Å²) < 4.78 is 10.9. The van der Waals surface area contributed by atoms with Gasteiger partial charge in [-0.3, -0.25) is 4.79 Å². The molecule has 0 spiro atoms. The van der Waals surface area contributed by atoms with Gasteiger partial charge in [-0.15, -0.1) is 0 Å². The molecule has 120 valence electrons. The van der Waals surface area contributed by atoms with Crippen LogP contribution >= 0.6 is 11.6 Å². The van der Waals surface area contributed by atoms with Crippen LogP contribution in [0.25, 0.3) is 6.08 Å². The zero-order valence-corrected chi connectivity index (χ0v) is 13.3. The minimum Gasteiger partial charge on any atom is -0.486 e. The van der Waals surface area contributed by atoms with E-state index in [9.17, 15) is 10.1 Å². The molecular formula is C18H13ClN2O3. The van der Waals surface area contributed by atoms with Gasteiger partial charge in [0, 0.05) is 16.8 Å². The summed E-state index contributed by atoms with van der Waals surface area (Å²) in [4.78, 5) is 12.3. The summed E-state index contributed by atoms with van der Waals surface area (Å²) in [5.41, 5.74) is 1.08. The number of carbonyl (C=O) groups is 1. The van der Waals surface area contributed by atoms with Gasteiger partial charge in [0.15, 0.2) is 11.5 Å². The van der Waals surface area contributed by atoms with Crippen molar-refractivity contribution >= 4 is 29.3 Å². The summed E-state index contributed by atoms with van der Waals surface area (Å²) in [7, 11) is 0. The standard InChI is InChI=1S/C18H13ClN2O3/c19-15-4-2-1-3-12(15)9-13(11-20)18(22)21-14-5-6-16-17(10-14)24-8-7-23-16/h1-6,9-10H,7-8H2,(H,21,22)/b13-9+. The molecule has 0 fully saturated rings. The number of ether oxygens (including phenoxy) is 2. The number of fused-ring (bicyclic) bond motifs is 1. The average molecular weight is 341 g/mol. The Balaban J connectivity index is 1.80. The number of hydrogen-bond acceptors (Lipinski definition) is 4. The molecule has 0 aromatic heterocycles. The molecule has 0 radical (unpaired) electrons. The Bertz CT molecular complexity index is 856. The fraction of sp³-hybridized carbons (Fsp3) is 0.111. The summed E-state index contributed by atoms with van der Waals surface area (Å²) >= 11 is 6.05. The monoisotopic (exact) mass is 340 g/mol. The first-order valence-corrected chi connectivity index (χ1v) is 7.62. The highest BCUT2D eigenvalue weighted by Crippen LogP contribution is 2.32. The number of hydrogen-bond donors (Lipinski definition) is 1. The van der Waals surface area contributed by atoms with Gasteiger partial charge in [0.1, 0.15) is 24.9 Å². The lowest BCUT2D eigenvalue weighted by Gasteiger charge is -2.18. The van der Waals surface area contributed by atoms with Gasteiger partial charge in [0.05, 0.1) is 0 Å². The zero-order valence-electron chi connectivity index (χ0n) is 12.6. The maximum Gasteiger partial charge on any atom is 0.266 e. The molecule has 0 saturated heterocycles.